The number of nitrogens with zero attached hydrogens (tertiary/aromatic N) is 3. The maximum absolute atomic E-state index is 13.0. The second-order valence-corrected chi connectivity index (χ2v) is 7.85. The van der Waals surface area contributed by atoms with Crippen LogP contribution in [0.2, 0.25) is 0 Å². The summed E-state index contributed by atoms with van der Waals surface area (Å²) in [6.07, 6.45) is -7.92. The van der Waals surface area contributed by atoms with Crippen LogP contribution in [0.4, 0.5) is 49.6 Å². The van der Waals surface area contributed by atoms with Gasteiger partial charge in [0.05, 0.1) is 11.8 Å². The molecule has 4 aromatic rings. The minimum absolute atomic E-state index is 0.0593. The number of aromatic nitrogens is 3. The van der Waals surface area contributed by atoms with E-state index in [2.05, 4.69) is 35.6 Å². The van der Waals surface area contributed by atoms with Gasteiger partial charge in [0.1, 0.15) is 0 Å². The van der Waals surface area contributed by atoms with Crippen LogP contribution in [0.3, 0.4) is 0 Å². The van der Waals surface area contributed by atoms with Gasteiger partial charge in [0.2, 0.25) is 11.9 Å². The largest absolute Gasteiger partial charge is 0.459 e. The highest BCUT2D eigenvalue weighted by Crippen LogP contribution is 2.31. The molecule has 2 aromatic heterocycles. The standard InChI is InChI=1S/C24H18F6N6O3/c25-23(26,27)13-39-22-35-20(34-21(36-22)33-17-4-1-3-15(11-17)24(28,29)30)31-12-14-6-8-16(9-7-14)32-19(37)18-5-2-10-38-18/h1-11H,12-13H2,(H,32,37)(H2,31,33,34,35,36). The zero-order valence-electron chi connectivity index (χ0n) is 19.6. The minimum Gasteiger partial charge on any atom is -0.459 e. The Balaban J connectivity index is 1.47. The predicted molar refractivity (Wildman–Crippen MR) is 127 cm³/mol. The van der Waals surface area contributed by atoms with Crippen molar-refractivity contribution >= 4 is 29.2 Å². The molecule has 0 saturated carbocycles. The van der Waals surface area contributed by atoms with Gasteiger partial charge in [-0.2, -0.15) is 41.3 Å². The second kappa shape index (κ2) is 11.3. The van der Waals surface area contributed by atoms with Gasteiger partial charge in [-0.25, -0.2) is 0 Å². The van der Waals surface area contributed by atoms with E-state index in [1.54, 1.807) is 30.3 Å². The number of rotatable bonds is 9. The van der Waals surface area contributed by atoms with E-state index in [0.29, 0.717) is 11.3 Å². The Labute approximate surface area is 216 Å². The molecule has 0 aliphatic heterocycles. The molecule has 0 radical (unpaired) electrons. The average molecular weight is 552 g/mol. The number of nitrogens with one attached hydrogen (secondary N) is 3. The quantitative estimate of drug-likeness (QED) is 0.216. The lowest BCUT2D eigenvalue weighted by Crippen LogP contribution is -2.21. The number of hydrogen-bond acceptors (Lipinski definition) is 8. The van der Waals surface area contributed by atoms with Crippen LogP contribution >= 0.6 is 0 Å². The Bertz CT molecular complexity index is 1410. The van der Waals surface area contributed by atoms with E-state index in [0.717, 1.165) is 18.2 Å². The average Bonchev–Trinajstić information content (AvgIpc) is 3.42. The molecule has 3 N–H and O–H groups in total. The molecular weight excluding hydrogens is 534 g/mol. The number of anilines is 4. The summed E-state index contributed by atoms with van der Waals surface area (Å²) in [6, 6.07) is 13.0. The molecule has 1 amide bonds. The van der Waals surface area contributed by atoms with Gasteiger partial charge in [-0.1, -0.05) is 18.2 Å². The number of furan rings is 1. The summed E-state index contributed by atoms with van der Waals surface area (Å²) in [4.78, 5) is 23.6. The predicted octanol–water partition coefficient (Wildman–Crippen LogP) is 6.03. The zero-order chi connectivity index (χ0) is 28.0. The Hall–Kier alpha value is -4.82. The summed E-state index contributed by atoms with van der Waals surface area (Å²) in [5.41, 5.74) is 0.153. The van der Waals surface area contributed by atoms with E-state index in [-0.39, 0.29) is 29.9 Å². The summed E-state index contributed by atoms with van der Waals surface area (Å²) in [6.45, 7) is -1.59. The summed E-state index contributed by atoms with van der Waals surface area (Å²) < 4.78 is 86.6. The van der Waals surface area contributed by atoms with E-state index in [4.69, 9.17) is 4.42 Å². The van der Waals surface area contributed by atoms with Crippen LogP contribution in [0.5, 0.6) is 6.01 Å². The van der Waals surface area contributed by atoms with Gasteiger partial charge in [-0.3, -0.25) is 4.79 Å². The van der Waals surface area contributed by atoms with Crippen LogP contribution in [-0.2, 0) is 12.7 Å². The van der Waals surface area contributed by atoms with Gasteiger partial charge in [-0.15, -0.1) is 0 Å². The van der Waals surface area contributed by atoms with E-state index in [9.17, 15) is 31.1 Å². The molecule has 2 heterocycles. The fourth-order valence-corrected chi connectivity index (χ4v) is 3.09. The van der Waals surface area contributed by atoms with Crippen molar-refractivity contribution in [3.63, 3.8) is 0 Å². The molecule has 0 fully saturated rings. The van der Waals surface area contributed by atoms with Crippen molar-refractivity contribution in [1.29, 1.82) is 0 Å². The highest BCUT2D eigenvalue weighted by Gasteiger charge is 2.31. The Morgan fingerprint density at radius 3 is 2.28 bits per heavy atom. The van der Waals surface area contributed by atoms with Crippen molar-refractivity contribution in [2.75, 3.05) is 22.6 Å². The number of carbonyl (C=O) groups excluding carboxylic acids is 1. The first-order valence-corrected chi connectivity index (χ1v) is 11.0. The number of benzene rings is 2. The normalized spacial score (nSPS) is 11.6. The molecule has 4 rings (SSSR count). The first-order chi connectivity index (χ1) is 18.4. The molecule has 0 spiro atoms. The van der Waals surface area contributed by atoms with Crippen LogP contribution in [-0.4, -0.2) is 33.6 Å². The lowest BCUT2D eigenvalue weighted by Gasteiger charge is -2.13. The van der Waals surface area contributed by atoms with Crippen LogP contribution in [0.15, 0.2) is 71.3 Å². The van der Waals surface area contributed by atoms with Crippen LogP contribution in [0, 0.1) is 0 Å². The topological polar surface area (TPSA) is 114 Å². The SMILES string of the molecule is O=C(Nc1ccc(CNc2nc(Nc3cccc(C(F)(F)F)c3)nc(OCC(F)(F)F)n2)cc1)c1ccco1. The van der Waals surface area contributed by atoms with E-state index in [1.165, 1.54) is 18.4 Å². The Kier molecular flexibility index (Phi) is 7.88. The minimum atomic E-state index is -4.68. The molecule has 0 aliphatic carbocycles. The molecular formula is C24H18F6N6O3. The van der Waals surface area contributed by atoms with Gasteiger partial charge in [0.15, 0.2) is 12.4 Å². The van der Waals surface area contributed by atoms with E-state index in [1.807, 2.05) is 0 Å². The first kappa shape index (κ1) is 27.2. The Morgan fingerprint density at radius 1 is 0.872 bits per heavy atom. The van der Waals surface area contributed by atoms with Gasteiger partial charge in [0.25, 0.3) is 5.91 Å². The Morgan fingerprint density at radius 2 is 1.62 bits per heavy atom. The fourth-order valence-electron chi connectivity index (χ4n) is 3.09. The van der Waals surface area contributed by atoms with Crippen LogP contribution in [0.25, 0.3) is 0 Å². The van der Waals surface area contributed by atoms with Crippen LogP contribution < -0.4 is 20.7 Å². The molecule has 2 aromatic carbocycles. The number of hydrogen-bond donors (Lipinski definition) is 3. The number of alkyl halides is 6. The third-order valence-electron chi connectivity index (χ3n) is 4.83. The summed E-state index contributed by atoms with van der Waals surface area (Å²) in [7, 11) is 0. The fraction of sp³-hybridized carbons (Fsp3) is 0.167. The second-order valence-electron chi connectivity index (χ2n) is 7.85. The van der Waals surface area contributed by atoms with Gasteiger partial charge in [0, 0.05) is 17.9 Å². The molecule has 0 bridgehead atoms. The first-order valence-electron chi connectivity index (χ1n) is 11.0. The number of carbonyl (C=O) groups is 1. The zero-order valence-corrected chi connectivity index (χ0v) is 19.6. The van der Waals surface area contributed by atoms with Crippen molar-refractivity contribution < 1.29 is 40.3 Å². The maximum Gasteiger partial charge on any atom is 0.422 e. The molecule has 15 heteroatoms. The molecule has 0 unspecified atom stereocenters. The van der Waals surface area contributed by atoms with Crippen molar-refractivity contribution in [3.05, 3.63) is 83.8 Å². The number of amides is 1. The number of halogens is 6. The third kappa shape index (κ3) is 8.08. The summed E-state index contributed by atoms with van der Waals surface area (Å²) in [5.74, 6) is -0.858. The monoisotopic (exact) mass is 552 g/mol. The smallest absolute Gasteiger partial charge is 0.422 e. The van der Waals surface area contributed by atoms with E-state index >= 15 is 0 Å². The third-order valence-corrected chi connectivity index (χ3v) is 4.83. The summed E-state index contributed by atoms with van der Waals surface area (Å²) >= 11 is 0. The molecule has 39 heavy (non-hydrogen) atoms. The van der Waals surface area contributed by atoms with Gasteiger partial charge in [-0.05, 0) is 48.0 Å². The van der Waals surface area contributed by atoms with Crippen molar-refractivity contribution in [1.82, 2.24) is 15.0 Å². The maximum atomic E-state index is 13.0. The highest BCUT2D eigenvalue weighted by molar-refractivity contribution is 6.02. The molecule has 204 valence electrons. The van der Waals surface area contributed by atoms with E-state index < -0.39 is 36.4 Å². The highest BCUT2D eigenvalue weighted by atomic mass is 19.4. The van der Waals surface area contributed by atoms with Gasteiger partial charge >= 0.3 is 18.4 Å². The molecule has 0 saturated heterocycles. The lowest BCUT2D eigenvalue weighted by molar-refractivity contribution is -0.154. The van der Waals surface area contributed by atoms with Crippen molar-refractivity contribution in [3.8, 4) is 6.01 Å². The lowest BCUT2D eigenvalue weighted by atomic mass is 10.2. The summed E-state index contributed by atoms with van der Waals surface area (Å²) in [5, 5.41) is 7.97. The van der Waals surface area contributed by atoms with Crippen LogP contribution in [0.1, 0.15) is 21.7 Å². The molecule has 0 aliphatic rings. The molecule has 0 atom stereocenters. The van der Waals surface area contributed by atoms with Gasteiger partial charge < -0.3 is 25.1 Å². The van der Waals surface area contributed by atoms with Crippen molar-refractivity contribution in [2.24, 2.45) is 0 Å². The number of ether oxygens (including phenoxy) is 1. The molecule has 9 nitrogen and oxygen atoms in total. The van der Waals surface area contributed by atoms with Crippen molar-refractivity contribution in [2.45, 2.75) is 18.9 Å².